The van der Waals surface area contributed by atoms with Crippen LogP contribution in [0.1, 0.15) is 17.0 Å². The molecule has 1 aromatic heterocycles. The minimum atomic E-state index is -4.66. The highest BCUT2D eigenvalue weighted by Gasteiger charge is 2.38. The molecule has 2 aliphatic heterocycles. The van der Waals surface area contributed by atoms with Crippen LogP contribution in [-0.2, 0) is 22.3 Å². The van der Waals surface area contributed by atoms with Crippen molar-refractivity contribution in [3.63, 3.8) is 0 Å². The lowest BCUT2D eigenvalue weighted by Gasteiger charge is -2.32. The predicted octanol–water partition coefficient (Wildman–Crippen LogP) is 1.79. The number of hydrazone groups is 1. The van der Waals surface area contributed by atoms with E-state index < -0.39 is 29.9 Å². The van der Waals surface area contributed by atoms with Crippen LogP contribution in [0, 0.1) is 5.82 Å². The number of aromatic nitrogens is 2. The molecule has 9 nitrogen and oxygen atoms in total. The molecule has 13 heteroatoms. The summed E-state index contributed by atoms with van der Waals surface area (Å²) in [4.78, 5) is 33.1. The number of nitrogens with zero attached hydrogens (tertiary/aromatic N) is 5. The van der Waals surface area contributed by atoms with E-state index in [0.29, 0.717) is 24.4 Å². The molecule has 0 aliphatic carbocycles. The number of morpholine rings is 1. The van der Waals surface area contributed by atoms with E-state index in [9.17, 15) is 27.2 Å². The first-order chi connectivity index (χ1) is 15.7. The molecule has 3 heterocycles. The summed E-state index contributed by atoms with van der Waals surface area (Å²) in [5.41, 5.74) is 1.23. The summed E-state index contributed by atoms with van der Waals surface area (Å²) >= 11 is 0. The van der Waals surface area contributed by atoms with Crippen molar-refractivity contribution in [3.05, 3.63) is 59.4 Å². The minimum Gasteiger partial charge on any atom is -0.370 e. The van der Waals surface area contributed by atoms with Crippen molar-refractivity contribution in [2.75, 3.05) is 26.3 Å². The van der Waals surface area contributed by atoms with Crippen LogP contribution in [0.15, 0.2) is 41.8 Å². The summed E-state index contributed by atoms with van der Waals surface area (Å²) in [6.07, 6.45) is -2.71. The van der Waals surface area contributed by atoms with Crippen molar-refractivity contribution in [2.45, 2.75) is 18.8 Å². The number of nitrogens with one attached hydrogen (secondary N) is 1. The number of hydrogen-bond acceptors (Lipinski definition) is 6. The molecule has 2 aliphatic rings. The minimum absolute atomic E-state index is 0.0494. The van der Waals surface area contributed by atoms with Crippen LogP contribution in [0.2, 0.25) is 0 Å². The van der Waals surface area contributed by atoms with Gasteiger partial charge in [0.25, 0.3) is 0 Å². The second-order valence-electron chi connectivity index (χ2n) is 7.30. The maximum absolute atomic E-state index is 13.4. The molecule has 0 bridgehead atoms. The van der Waals surface area contributed by atoms with Gasteiger partial charge in [0.05, 0.1) is 24.9 Å². The zero-order valence-corrected chi connectivity index (χ0v) is 17.0. The van der Waals surface area contributed by atoms with Gasteiger partial charge >= 0.3 is 12.2 Å². The number of amides is 3. The molecule has 1 fully saturated rings. The Morgan fingerprint density at radius 2 is 1.88 bits per heavy atom. The topological polar surface area (TPSA) is 100 Å². The fourth-order valence-electron chi connectivity index (χ4n) is 3.45. The number of alkyl halides is 3. The number of carbonyl (C=O) groups is 2. The van der Waals surface area contributed by atoms with Crippen LogP contribution < -0.4 is 5.32 Å². The summed E-state index contributed by atoms with van der Waals surface area (Å²) < 4.78 is 56.3. The first-order valence-electron chi connectivity index (χ1n) is 9.87. The van der Waals surface area contributed by atoms with E-state index in [0.717, 1.165) is 17.4 Å². The van der Waals surface area contributed by atoms with Crippen molar-refractivity contribution in [1.29, 1.82) is 0 Å². The van der Waals surface area contributed by atoms with Gasteiger partial charge in [0.2, 0.25) is 11.7 Å². The Kier molecular flexibility index (Phi) is 6.22. The summed E-state index contributed by atoms with van der Waals surface area (Å²) in [6, 6.07) is 4.33. The highest BCUT2D eigenvalue weighted by Crippen LogP contribution is 2.25. The van der Waals surface area contributed by atoms with Gasteiger partial charge in [0, 0.05) is 36.6 Å². The van der Waals surface area contributed by atoms with Crippen molar-refractivity contribution in [2.24, 2.45) is 5.10 Å². The van der Waals surface area contributed by atoms with Crippen molar-refractivity contribution < 1.29 is 31.9 Å². The normalized spacial score (nSPS) is 19.0. The Morgan fingerprint density at radius 3 is 2.52 bits per heavy atom. The maximum Gasteiger partial charge on any atom is 0.451 e. The fraction of sp³-hybridized carbons (Fsp3) is 0.350. The molecule has 1 N–H and O–H groups in total. The largest absolute Gasteiger partial charge is 0.451 e. The van der Waals surface area contributed by atoms with Crippen LogP contribution >= 0.6 is 0 Å². The Balaban J connectivity index is 1.49. The number of ether oxygens (including phenoxy) is 1. The average Bonchev–Trinajstić information content (AvgIpc) is 3.23. The Labute approximate surface area is 185 Å². The smallest absolute Gasteiger partial charge is 0.370 e. The molecule has 0 saturated carbocycles. The van der Waals surface area contributed by atoms with E-state index in [2.05, 4.69) is 20.4 Å². The van der Waals surface area contributed by atoms with Crippen LogP contribution in [0.4, 0.5) is 22.4 Å². The number of rotatable bonds is 4. The summed E-state index contributed by atoms with van der Waals surface area (Å²) in [6.45, 7) is 0.470. The molecule has 174 valence electrons. The third-order valence-electron chi connectivity index (χ3n) is 5.07. The molecule has 1 unspecified atom stereocenters. The average molecular weight is 466 g/mol. The molecule has 0 spiro atoms. The van der Waals surface area contributed by atoms with Crippen LogP contribution in [0.25, 0.3) is 0 Å². The predicted molar refractivity (Wildman–Crippen MR) is 105 cm³/mol. The van der Waals surface area contributed by atoms with E-state index >= 15 is 0 Å². The van der Waals surface area contributed by atoms with Crippen LogP contribution in [0.3, 0.4) is 0 Å². The molecular weight excluding hydrogens is 448 g/mol. The molecule has 1 saturated heterocycles. The highest BCUT2D eigenvalue weighted by molar-refractivity contribution is 6.08. The van der Waals surface area contributed by atoms with Crippen molar-refractivity contribution >= 4 is 17.6 Å². The third-order valence-corrected chi connectivity index (χ3v) is 5.07. The lowest BCUT2D eigenvalue weighted by atomic mass is 10.0. The number of halogens is 4. The van der Waals surface area contributed by atoms with Crippen molar-refractivity contribution in [3.8, 4) is 0 Å². The van der Waals surface area contributed by atoms with Gasteiger partial charge in [-0.25, -0.2) is 24.2 Å². The first kappa shape index (κ1) is 22.6. The van der Waals surface area contributed by atoms with Gasteiger partial charge in [-0.2, -0.15) is 18.3 Å². The van der Waals surface area contributed by atoms with E-state index in [1.807, 2.05) is 0 Å². The monoisotopic (exact) mass is 466 g/mol. The van der Waals surface area contributed by atoms with Gasteiger partial charge in [0.1, 0.15) is 12.4 Å². The molecule has 1 aromatic carbocycles. The zero-order valence-electron chi connectivity index (χ0n) is 17.0. The van der Waals surface area contributed by atoms with Gasteiger partial charge < -0.3 is 15.0 Å². The summed E-state index contributed by atoms with van der Waals surface area (Å²) in [5, 5.41) is 8.01. The van der Waals surface area contributed by atoms with E-state index in [4.69, 9.17) is 4.74 Å². The standard InChI is InChI=1S/C20H18F4N6O3/c21-14-3-1-13(2-4-14)17-15(29-5-6-33-11-16(29)31)10-30(28-17)19(32)27-9-12-7-25-18(26-8-12)20(22,23)24/h1-4,7-8,15H,5-6,9-11H2,(H,27,32). The highest BCUT2D eigenvalue weighted by atomic mass is 19.4. The van der Waals surface area contributed by atoms with Crippen molar-refractivity contribution in [1.82, 2.24) is 25.2 Å². The van der Waals surface area contributed by atoms with E-state index in [1.165, 1.54) is 24.3 Å². The summed E-state index contributed by atoms with van der Waals surface area (Å²) in [5.74, 6) is -1.97. The number of hydrogen-bond donors (Lipinski definition) is 1. The summed E-state index contributed by atoms with van der Waals surface area (Å²) in [7, 11) is 0. The molecule has 0 radical (unpaired) electrons. The van der Waals surface area contributed by atoms with Crippen LogP contribution in [0.5, 0.6) is 0 Å². The van der Waals surface area contributed by atoms with Gasteiger partial charge in [-0.3, -0.25) is 4.79 Å². The van der Waals surface area contributed by atoms with Crippen LogP contribution in [-0.4, -0.2) is 69.9 Å². The first-order valence-corrected chi connectivity index (χ1v) is 9.87. The lowest BCUT2D eigenvalue weighted by Crippen LogP contribution is -2.52. The molecule has 1 atom stereocenters. The molecule has 2 aromatic rings. The fourth-order valence-corrected chi connectivity index (χ4v) is 3.45. The Hall–Kier alpha value is -3.61. The van der Waals surface area contributed by atoms with Gasteiger partial charge in [-0.15, -0.1) is 0 Å². The zero-order chi connectivity index (χ0) is 23.6. The molecule has 4 rings (SSSR count). The number of benzene rings is 1. The molecule has 33 heavy (non-hydrogen) atoms. The Morgan fingerprint density at radius 1 is 1.18 bits per heavy atom. The molecule has 3 amide bonds. The quantitative estimate of drug-likeness (QED) is 0.693. The van der Waals surface area contributed by atoms with Gasteiger partial charge in [0.15, 0.2) is 0 Å². The third kappa shape index (κ3) is 5.08. The second kappa shape index (κ2) is 9.10. The van der Waals surface area contributed by atoms with E-state index in [-0.39, 0.29) is 31.2 Å². The van der Waals surface area contributed by atoms with E-state index in [1.54, 1.807) is 4.90 Å². The Bertz CT molecular complexity index is 1060. The van der Waals surface area contributed by atoms with Gasteiger partial charge in [-0.05, 0) is 12.1 Å². The SMILES string of the molecule is O=C(NCc1cnc(C(F)(F)F)nc1)N1CC(N2CCOCC2=O)C(c2ccc(F)cc2)=N1. The lowest BCUT2D eigenvalue weighted by molar-refractivity contribution is -0.145. The maximum atomic E-state index is 13.4. The molecular formula is C20H18F4N6O3. The number of urea groups is 1. The second-order valence-corrected chi connectivity index (χ2v) is 7.30. The van der Waals surface area contributed by atoms with Gasteiger partial charge in [-0.1, -0.05) is 12.1 Å². The number of carbonyl (C=O) groups excluding carboxylic acids is 2.